The highest BCUT2D eigenvalue weighted by Gasteiger charge is 2.09. The van der Waals surface area contributed by atoms with Crippen molar-refractivity contribution in [2.45, 2.75) is 40.0 Å². The molecule has 1 N–H and O–H groups in total. The summed E-state index contributed by atoms with van der Waals surface area (Å²) in [5.74, 6) is 1.27. The van der Waals surface area contributed by atoms with E-state index in [1.54, 1.807) is 0 Å². The highest BCUT2D eigenvalue weighted by Crippen LogP contribution is 2.18. The number of aromatic amines is 1. The minimum absolute atomic E-state index is 0.557. The van der Waals surface area contributed by atoms with Gasteiger partial charge in [-0.3, -0.25) is 5.10 Å². The van der Waals surface area contributed by atoms with Crippen LogP contribution in [0.3, 0.4) is 0 Å². The lowest BCUT2D eigenvalue weighted by atomic mass is 9.99. The van der Waals surface area contributed by atoms with E-state index in [9.17, 15) is 0 Å². The second-order valence-corrected chi connectivity index (χ2v) is 4.06. The molecule has 1 rings (SSSR count). The van der Waals surface area contributed by atoms with Crippen molar-refractivity contribution < 1.29 is 0 Å². The largest absolute Gasteiger partial charge is 0.282 e. The zero-order chi connectivity index (χ0) is 9.14. The number of aromatic nitrogens is 2. The van der Waals surface area contributed by atoms with Crippen LogP contribution in [0.25, 0.3) is 0 Å². The summed E-state index contributed by atoms with van der Waals surface area (Å²) >= 11 is 0. The monoisotopic (exact) mass is 166 g/mol. The van der Waals surface area contributed by atoms with Gasteiger partial charge in [0, 0.05) is 5.69 Å². The van der Waals surface area contributed by atoms with E-state index in [1.807, 2.05) is 6.20 Å². The van der Waals surface area contributed by atoms with Crippen molar-refractivity contribution in [3.8, 4) is 0 Å². The third-order valence-corrected chi connectivity index (χ3v) is 1.96. The van der Waals surface area contributed by atoms with Gasteiger partial charge in [-0.15, -0.1) is 0 Å². The molecule has 0 unspecified atom stereocenters. The first-order valence-corrected chi connectivity index (χ1v) is 4.63. The van der Waals surface area contributed by atoms with Crippen molar-refractivity contribution in [2.75, 3.05) is 0 Å². The van der Waals surface area contributed by atoms with Gasteiger partial charge in [0.05, 0.1) is 6.20 Å². The third kappa shape index (κ3) is 2.10. The number of H-pyrrole nitrogens is 1. The Kier molecular flexibility index (Phi) is 2.90. The molecule has 0 aliphatic rings. The van der Waals surface area contributed by atoms with Crippen LogP contribution in [-0.4, -0.2) is 10.2 Å². The van der Waals surface area contributed by atoms with Gasteiger partial charge in [-0.05, 0) is 23.8 Å². The van der Waals surface area contributed by atoms with Gasteiger partial charge in [0.2, 0.25) is 0 Å². The zero-order valence-electron chi connectivity index (χ0n) is 8.39. The van der Waals surface area contributed by atoms with E-state index >= 15 is 0 Å². The Morgan fingerprint density at radius 3 is 2.50 bits per heavy atom. The van der Waals surface area contributed by atoms with Gasteiger partial charge in [-0.2, -0.15) is 5.10 Å². The molecule has 0 aromatic carbocycles. The van der Waals surface area contributed by atoms with Gasteiger partial charge in [-0.1, -0.05) is 27.7 Å². The molecular formula is C10H18N2. The van der Waals surface area contributed by atoms with Crippen molar-refractivity contribution in [1.82, 2.24) is 10.2 Å². The van der Waals surface area contributed by atoms with Crippen LogP contribution in [0.2, 0.25) is 0 Å². The Morgan fingerprint density at radius 1 is 1.33 bits per heavy atom. The van der Waals surface area contributed by atoms with Crippen LogP contribution in [-0.2, 0) is 6.42 Å². The van der Waals surface area contributed by atoms with Crippen molar-refractivity contribution in [3.63, 3.8) is 0 Å². The molecule has 0 saturated heterocycles. The summed E-state index contributed by atoms with van der Waals surface area (Å²) in [7, 11) is 0. The maximum Gasteiger partial charge on any atom is 0.0522 e. The summed E-state index contributed by atoms with van der Waals surface area (Å²) in [5.41, 5.74) is 2.67. The molecule has 0 aliphatic heterocycles. The molecule has 2 heteroatoms. The highest BCUT2D eigenvalue weighted by molar-refractivity contribution is 5.19. The topological polar surface area (TPSA) is 28.7 Å². The number of hydrogen-bond acceptors (Lipinski definition) is 1. The van der Waals surface area contributed by atoms with E-state index in [-0.39, 0.29) is 0 Å². The third-order valence-electron chi connectivity index (χ3n) is 1.96. The summed E-state index contributed by atoms with van der Waals surface area (Å²) in [4.78, 5) is 0. The van der Waals surface area contributed by atoms with Crippen LogP contribution in [0.1, 0.15) is 44.9 Å². The number of nitrogens with one attached hydrogen (secondary N) is 1. The average Bonchev–Trinajstić information content (AvgIpc) is 2.33. The van der Waals surface area contributed by atoms with E-state index in [1.165, 1.54) is 11.3 Å². The van der Waals surface area contributed by atoms with Crippen molar-refractivity contribution in [3.05, 3.63) is 17.5 Å². The van der Waals surface area contributed by atoms with Gasteiger partial charge in [0.25, 0.3) is 0 Å². The summed E-state index contributed by atoms with van der Waals surface area (Å²) in [6, 6.07) is 0. The Labute approximate surface area is 74.4 Å². The highest BCUT2D eigenvalue weighted by atomic mass is 15.1. The van der Waals surface area contributed by atoms with Crippen LogP contribution in [0.5, 0.6) is 0 Å². The molecule has 2 nitrogen and oxygen atoms in total. The molecular weight excluding hydrogens is 148 g/mol. The molecule has 0 radical (unpaired) electrons. The predicted molar refractivity (Wildman–Crippen MR) is 51.2 cm³/mol. The molecule has 0 saturated carbocycles. The zero-order valence-corrected chi connectivity index (χ0v) is 8.39. The van der Waals surface area contributed by atoms with E-state index in [4.69, 9.17) is 0 Å². The van der Waals surface area contributed by atoms with Crippen LogP contribution < -0.4 is 0 Å². The Bertz CT molecular complexity index is 236. The maximum atomic E-state index is 4.07. The number of hydrogen-bond donors (Lipinski definition) is 1. The fourth-order valence-corrected chi connectivity index (χ4v) is 1.42. The van der Waals surface area contributed by atoms with Gasteiger partial charge in [0.15, 0.2) is 0 Å². The van der Waals surface area contributed by atoms with E-state index in [0.29, 0.717) is 11.8 Å². The first kappa shape index (κ1) is 9.30. The predicted octanol–water partition coefficient (Wildman–Crippen LogP) is 2.73. The molecule has 0 fully saturated rings. The van der Waals surface area contributed by atoms with E-state index in [2.05, 4.69) is 37.9 Å². The molecule has 1 heterocycles. The Morgan fingerprint density at radius 2 is 2.00 bits per heavy atom. The normalized spacial score (nSPS) is 11.5. The van der Waals surface area contributed by atoms with Crippen LogP contribution in [0.15, 0.2) is 6.20 Å². The summed E-state index contributed by atoms with van der Waals surface area (Å²) in [6.45, 7) is 8.85. The first-order chi connectivity index (χ1) is 5.61. The molecule has 0 aliphatic carbocycles. The van der Waals surface area contributed by atoms with Crippen molar-refractivity contribution >= 4 is 0 Å². The van der Waals surface area contributed by atoms with Crippen LogP contribution >= 0.6 is 0 Å². The van der Waals surface area contributed by atoms with Crippen molar-refractivity contribution in [2.24, 2.45) is 5.92 Å². The second-order valence-electron chi connectivity index (χ2n) is 4.06. The molecule has 0 bridgehead atoms. The van der Waals surface area contributed by atoms with Crippen LogP contribution in [0.4, 0.5) is 0 Å². The number of nitrogens with zero attached hydrogens (tertiary/aromatic N) is 1. The Hall–Kier alpha value is -0.790. The van der Waals surface area contributed by atoms with Gasteiger partial charge in [0.1, 0.15) is 0 Å². The molecule has 0 spiro atoms. The van der Waals surface area contributed by atoms with E-state index in [0.717, 1.165) is 6.42 Å². The molecule has 1 aromatic heterocycles. The molecule has 0 atom stereocenters. The molecule has 12 heavy (non-hydrogen) atoms. The molecule has 0 amide bonds. The lowest BCUT2D eigenvalue weighted by Crippen LogP contribution is -1.98. The lowest BCUT2D eigenvalue weighted by molar-refractivity contribution is 0.637. The minimum atomic E-state index is 0.557. The van der Waals surface area contributed by atoms with Gasteiger partial charge >= 0.3 is 0 Å². The summed E-state index contributed by atoms with van der Waals surface area (Å²) in [6.07, 6.45) is 3.08. The second kappa shape index (κ2) is 3.74. The fourth-order valence-electron chi connectivity index (χ4n) is 1.42. The summed E-state index contributed by atoms with van der Waals surface area (Å²) in [5, 5.41) is 7.13. The van der Waals surface area contributed by atoms with Gasteiger partial charge < -0.3 is 0 Å². The standard InChI is InChI=1S/C10H18N2/c1-7(2)5-9-6-11-12-10(9)8(3)4/h6-8H,5H2,1-4H3,(H,11,12). The summed E-state index contributed by atoms with van der Waals surface area (Å²) < 4.78 is 0. The fraction of sp³-hybridized carbons (Fsp3) is 0.700. The quantitative estimate of drug-likeness (QED) is 0.734. The average molecular weight is 166 g/mol. The maximum absolute atomic E-state index is 4.07. The van der Waals surface area contributed by atoms with Crippen LogP contribution in [0, 0.1) is 5.92 Å². The van der Waals surface area contributed by atoms with E-state index < -0.39 is 0 Å². The SMILES string of the molecule is CC(C)Cc1cn[nH]c1C(C)C. The van der Waals surface area contributed by atoms with Gasteiger partial charge in [-0.25, -0.2) is 0 Å². The lowest BCUT2D eigenvalue weighted by Gasteiger charge is -2.07. The number of rotatable bonds is 3. The Balaban J connectivity index is 2.77. The molecule has 1 aromatic rings. The van der Waals surface area contributed by atoms with Crippen molar-refractivity contribution in [1.29, 1.82) is 0 Å². The first-order valence-electron chi connectivity index (χ1n) is 4.63. The molecule has 68 valence electrons. The smallest absolute Gasteiger partial charge is 0.0522 e. The minimum Gasteiger partial charge on any atom is -0.282 e.